The maximum atomic E-state index is 12.2. The maximum absolute atomic E-state index is 12.2. The van der Waals surface area contributed by atoms with Crippen molar-refractivity contribution in [2.75, 3.05) is 21.3 Å². The van der Waals surface area contributed by atoms with E-state index in [9.17, 15) is 14.7 Å². The molecule has 1 aromatic carbocycles. The fourth-order valence-corrected chi connectivity index (χ4v) is 1.93. The van der Waals surface area contributed by atoms with Gasteiger partial charge in [-0.1, -0.05) is 13.8 Å². The smallest absolute Gasteiger partial charge is 0.252 e. The average Bonchev–Trinajstić information content (AvgIpc) is 2.49. The van der Waals surface area contributed by atoms with Gasteiger partial charge < -0.3 is 29.4 Å². The molecule has 1 aromatic rings. The minimum atomic E-state index is -1.34. The number of methoxy groups -OCH3 is 3. The van der Waals surface area contributed by atoms with E-state index >= 15 is 0 Å². The Morgan fingerprint density at radius 1 is 1.05 bits per heavy atom. The maximum Gasteiger partial charge on any atom is 0.252 e. The number of amides is 1. The lowest BCUT2D eigenvalue weighted by Gasteiger charge is -2.23. The topological polar surface area (TPSA) is 96.9 Å². The number of carboxylic acids is 1. The van der Waals surface area contributed by atoms with Crippen molar-refractivity contribution in [3.05, 3.63) is 17.7 Å². The molecule has 22 heavy (non-hydrogen) atoms. The first-order valence-electron chi connectivity index (χ1n) is 6.67. The summed E-state index contributed by atoms with van der Waals surface area (Å²) in [4.78, 5) is 23.3. The van der Waals surface area contributed by atoms with Crippen LogP contribution in [-0.2, 0) is 4.79 Å². The fraction of sp³-hybridized carbons (Fsp3) is 0.467. The monoisotopic (exact) mass is 310 g/mol. The van der Waals surface area contributed by atoms with Crippen LogP contribution in [0.1, 0.15) is 24.2 Å². The van der Waals surface area contributed by atoms with Crippen molar-refractivity contribution in [3.63, 3.8) is 0 Å². The van der Waals surface area contributed by atoms with Crippen LogP contribution in [0.15, 0.2) is 12.1 Å². The van der Waals surface area contributed by atoms with Crippen LogP contribution in [0.25, 0.3) is 0 Å². The van der Waals surface area contributed by atoms with Gasteiger partial charge in [-0.3, -0.25) is 4.79 Å². The molecule has 0 bridgehead atoms. The Hall–Kier alpha value is -2.44. The van der Waals surface area contributed by atoms with E-state index in [2.05, 4.69) is 5.32 Å². The number of nitrogens with one attached hydrogen (secondary N) is 1. The number of benzene rings is 1. The Morgan fingerprint density at radius 2 is 1.55 bits per heavy atom. The van der Waals surface area contributed by atoms with Gasteiger partial charge in [-0.2, -0.15) is 0 Å². The van der Waals surface area contributed by atoms with E-state index in [0.29, 0.717) is 17.2 Å². The summed E-state index contributed by atoms with van der Waals surface area (Å²) in [5.41, 5.74) is 0.196. The van der Waals surface area contributed by atoms with Crippen molar-refractivity contribution in [3.8, 4) is 17.2 Å². The highest BCUT2D eigenvalue weighted by atomic mass is 16.5. The molecule has 0 aliphatic carbocycles. The molecule has 0 fully saturated rings. The normalized spacial score (nSPS) is 11.7. The van der Waals surface area contributed by atoms with Crippen LogP contribution in [0.4, 0.5) is 0 Å². The third kappa shape index (κ3) is 3.81. The summed E-state index contributed by atoms with van der Waals surface area (Å²) in [7, 11) is 4.30. The Balaban J connectivity index is 3.15. The summed E-state index contributed by atoms with van der Waals surface area (Å²) in [6, 6.07) is 1.80. The zero-order valence-electron chi connectivity index (χ0n) is 13.3. The van der Waals surface area contributed by atoms with Crippen LogP contribution in [0.5, 0.6) is 17.2 Å². The lowest BCUT2D eigenvalue weighted by molar-refractivity contribution is -0.309. The summed E-state index contributed by atoms with van der Waals surface area (Å²) < 4.78 is 15.5. The van der Waals surface area contributed by atoms with E-state index in [0.717, 1.165) is 0 Å². The number of rotatable bonds is 7. The average molecular weight is 310 g/mol. The van der Waals surface area contributed by atoms with Gasteiger partial charge in [0.15, 0.2) is 11.5 Å². The quantitative estimate of drug-likeness (QED) is 0.773. The zero-order chi connectivity index (χ0) is 16.9. The lowest BCUT2D eigenvalue weighted by Crippen LogP contribution is -2.50. The second-order valence-corrected chi connectivity index (χ2v) is 4.93. The van der Waals surface area contributed by atoms with Crippen LogP contribution >= 0.6 is 0 Å². The fourth-order valence-electron chi connectivity index (χ4n) is 1.93. The zero-order valence-corrected chi connectivity index (χ0v) is 13.3. The van der Waals surface area contributed by atoms with Gasteiger partial charge in [-0.25, -0.2) is 0 Å². The second kappa shape index (κ2) is 7.53. The summed E-state index contributed by atoms with van der Waals surface area (Å²) >= 11 is 0. The standard InChI is InChI=1S/C15H21NO6/c1-8(2)12(15(18)19)16-14(17)9-6-10(20-3)13(22-5)11(7-9)21-4/h6-8,12H,1-5H3,(H,16,17)(H,18,19)/p-1/t12-/m0/s1. The molecule has 0 saturated heterocycles. The molecule has 1 amide bonds. The highest BCUT2D eigenvalue weighted by molar-refractivity contribution is 5.97. The molecule has 0 spiro atoms. The van der Waals surface area contributed by atoms with Crippen LogP contribution in [0.3, 0.4) is 0 Å². The molecule has 0 aromatic heterocycles. The lowest BCUT2D eigenvalue weighted by atomic mass is 10.0. The van der Waals surface area contributed by atoms with Crippen LogP contribution in [0.2, 0.25) is 0 Å². The summed E-state index contributed by atoms with van der Waals surface area (Å²) in [6.45, 7) is 3.35. The first-order chi connectivity index (χ1) is 10.3. The minimum Gasteiger partial charge on any atom is -0.548 e. The number of carbonyl (C=O) groups excluding carboxylic acids is 2. The van der Waals surface area contributed by atoms with Crippen molar-refractivity contribution < 1.29 is 28.9 Å². The highest BCUT2D eigenvalue weighted by Gasteiger charge is 2.21. The minimum absolute atomic E-state index is 0.196. The molecule has 7 heteroatoms. The number of aliphatic carboxylic acids is 1. The summed E-state index contributed by atoms with van der Waals surface area (Å²) in [5, 5.41) is 13.5. The van der Waals surface area contributed by atoms with E-state index in [1.165, 1.54) is 33.5 Å². The van der Waals surface area contributed by atoms with Gasteiger partial charge in [0.2, 0.25) is 5.75 Å². The number of hydrogen-bond donors (Lipinski definition) is 1. The number of carbonyl (C=O) groups is 2. The second-order valence-electron chi connectivity index (χ2n) is 4.93. The summed E-state index contributed by atoms with van der Waals surface area (Å²) in [6.07, 6.45) is 0. The van der Waals surface area contributed by atoms with Gasteiger partial charge >= 0.3 is 0 Å². The first kappa shape index (κ1) is 17.6. The van der Waals surface area contributed by atoms with Crippen LogP contribution in [-0.4, -0.2) is 39.2 Å². The Kier molecular flexibility index (Phi) is 6.03. The molecule has 1 rings (SSSR count). The van der Waals surface area contributed by atoms with E-state index in [-0.39, 0.29) is 11.5 Å². The third-order valence-electron chi connectivity index (χ3n) is 3.13. The van der Waals surface area contributed by atoms with E-state index < -0.39 is 17.9 Å². The van der Waals surface area contributed by atoms with Gasteiger partial charge in [0.25, 0.3) is 5.91 Å². The van der Waals surface area contributed by atoms with Crippen LogP contribution in [0, 0.1) is 5.92 Å². The predicted molar refractivity (Wildman–Crippen MR) is 77.2 cm³/mol. The molecule has 0 heterocycles. The Bertz CT molecular complexity index is 530. The Labute approximate surface area is 129 Å². The van der Waals surface area contributed by atoms with E-state index in [1.54, 1.807) is 13.8 Å². The van der Waals surface area contributed by atoms with E-state index in [1.807, 2.05) is 0 Å². The van der Waals surface area contributed by atoms with Crippen molar-refractivity contribution in [1.82, 2.24) is 5.32 Å². The van der Waals surface area contributed by atoms with Gasteiger partial charge in [-0.05, 0) is 18.1 Å². The molecule has 1 atom stereocenters. The van der Waals surface area contributed by atoms with Gasteiger partial charge in [0, 0.05) is 5.56 Å². The van der Waals surface area contributed by atoms with Gasteiger partial charge in [0.1, 0.15) is 0 Å². The Morgan fingerprint density at radius 3 is 1.86 bits per heavy atom. The molecule has 0 unspecified atom stereocenters. The number of hydrogen-bond acceptors (Lipinski definition) is 6. The van der Waals surface area contributed by atoms with Crippen molar-refractivity contribution in [2.45, 2.75) is 19.9 Å². The predicted octanol–water partition coefficient (Wildman–Crippen LogP) is 0.217. The van der Waals surface area contributed by atoms with Crippen molar-refractivity contribution in [1.29, 1.82) is 0 Å². The third-order valence-corrected chi connectivity index (χ3v) is 3.13. The SMILES string of the molecule is COc1cc(C(=O)N[C@H](C(=O)[O-])C(C)C)cc(OC)c1OC. The molecule has 0 aliphatic rings. The highest BCUT2D eigenvalue weighted by Crippen LogP contribution is 2.38. The molecule has 0 aliphatic heterocycles. The molecule has 0 saturated carbocycles. The largest absolute Gasteiger partial charge is 0.548 e. The first-order valence-corrected chi connectivity index (χ1v) is 6.67. The number of ether oxygens (including phenoxy) is 3. The molecule has 0 radical (unpaired) electrons. The molecule has 122 valence electrons. The van der Waals surface area contributed by atoms with Gasteiger partial charge in [0.05, 0.1) is 33.3 Å². The molecular weight excluding hydrogens is 290 g/mol. The van der Waals surface area contributed by atoms with Crippen molar-refractivity contribution >= 4 is 11.9 Å². The number of carboxylic acid groups (broad SMARTS) is 1. The van der Waals surface area contributed by atoms with Gasteiger partial charge in [-0.15, -0.1) is 0 Å². The summed E-state index contributed by atoms with van der Waals surface area (Å²) in [5.74, 6) is -1.25. The van der Waals surface area contributed by atoms with E-state index in [4.69, 9.17) is 14.2 Å². The van der Waals surface area contributed by atoms with Crippen LogP contribution < -0.4 is 24.6 Å². The molecule has 1 N–H and O–H groups in total. The van der Waals surface area contributed by atoms with Crippen molar-refractivity contribution in [2.24, 2.45) is 5.92 Å². The molecule has 7 nitrogen and oxygen atoms in total. The molecular formula is C15H20NO6-.